The normalized spacial score (nSPS) is 20.3. The van der Waals surface area contributed by atoms with Gasteiger partial charge in [-0.1, -0.05) is 0 Å². The molecule has 2 aliphatic rings. The molecule has 0 aromatic carbocycles. The van der Waals surface area contributed by atoms with Crippen LogP contribution in [0.5, 0.6) is 0 Å². The van der Waals surface area contributed by atoms with E-state index in [1.807, 2.05) is 0 Å². The number of carboxylic acid groups (broad SMARTS) is 1. The summed E-state index contributed by atoms with van der Waals surface area (Å²) in [7, 11) is -1.71. The minimum absolute atomic E-state index is 0.0138. The molecule has 0 radical (unpaired) electrons. The molecule has 2 heterocycles. The van der Waals surface area contributed by atoms with Crippen molar-refractivity contribution in [3.05, 3.63) is 11.8 Å². The SMILES string of the molecule is Cn1nc(C2CC2)cc1S(=O)(=O)CC1CCN(C(=O)O)CC1. The van der Waals surface area contributed by atoms with Crippen LogP contribution in [0.15, 0.2) is 11.1 Å². The van der Waals surface area contributed by atoms with E-state index in [4.69, 9.17) is 5.11 Å². The van der Waals surface area contributed by atoms with Crippen molar-refractivity contribution >= 4 is 15.9 Å². The molecule has 1 N–H and O–H groups in total. The van der Waals surface area contributed by atoms with Gasteiger partial charge < -0.3 is 10.0 Å². The van der Waals surface area contributed by atoms with Crippen LogP contribution in [0.3, 0.4) is 0 Å². The van der Waals surface area contributed by atoms with Crippen LogP contribution < -0.4 is 0 Å². The minimum atomic E-state index is -3.38. The van der Waals surface area contributed by atoms with Crippen molar-refractivity contribution in [2.75, 3.05) is 18.8 Å². The molecule has 0 bridgehead atoms. The summed E-state index contributed by atoms with van der Waals surface area (Å²) < 4.78 is 26.7. The molecule has 0 spiro atoms. The van der Waals surface area contributed by atoms with Crippen molar-refractivity contribution in [1.82, 2.24) is 14.7 Å². The molecule has 122 valence electrons. The fourth-order valence-electron chi connectivity index (χ4n) is 3.03. The third-order valence-electron chi connectivity index (χ3n) is 4.51. The Labute approximate surface area is 129 Å². The van der Waals surface area contributed by atoms with E-state index in [1.54, 1.807) is 13.1 Å². The lowest BCUT2D eigenvalue weighted by Gasteiger charge is -2.29. The molecular formula is C14H21N3O4S. The molecule has 1 saturated heterocycles. The highest BCUT2D eigenvalue weighted by Gasteiger charge is 2.32. The second-order valence-corrected chi connectivity index (χ2v) is 8.28. The first-order valence-electron chi connectivity index (χ1n) is 7.61. The maximum Gasteiger partial charge on any atom is 0.407 e. The largest absolute Gasteiger partial charge is 0.465 e. The van der Waals surface area contributed by atoms with Crippen LogP contribution in [0.4, 0.5) is 4.79 Å². The molecule has 1 aliphatic carbocycles. The van der Waals surface area contributed by atoms with E-state index in [9.17, 15) is 13.2 Å². The zero-order valence-corrected chi connectivity index (χ0v) is 13.4. The maximum atomic E-state index is 12.6. The summed E-state index contributed by atoms with van der Waals surface area (Å²) in [5.74, 6) is 0.512. The van der Waals surface area contributed by atoms with Gasteiger partial charge in [-0.3, -0.25) is 4.68 Å². The van der Waals surface area contributed by atoms with E-state index in [0.717, 1.165) is 18.5 Å². The first-order valence-corrected chi connectivity index (χ1v) is 9.26. The number of aromatic nitrogens is 2. The van der Waals surface area contributed by atoms with Gasteiger partial charge in [0, 0.05) is 26.1 Å². The first kappa shape index (κ1) is 15.3. The predicted molar refractivity (Wildman–Crippen MR) is 79.6 cm³/mol. The van der Waals surface area contributed by atoms with Gasteiger partial charge in [0.05, 0.1) is 11.4 Å². The van der Waals surface area contributed by atoms with E-state index in [1.165, 1.54) is 9.58 Å². The summed E-state index contributed by atoms with van der Waals surface area (Å²) in [6, 6.07) is 1.71. The average molecular weight is 327 g/mol. The van der Waals surface area contributed by atoms with Crippen molar-refractivity contribution < 1.29 is 18.3 Å². The summed E-state index contributed by atoms with van der Waals surface area (Å²) >= 11 is 0. The van der Waals surface area contributed by atoms with Crippen LogP contribution in [-0.2, 0) is 16.9 Å². The molecule has 0 unspecified atom stereocenters. The number of hydrogen-bond acceptors (Lipinski definition) is 4. The monoisotopic (exact) mass is 327 g/mol. The summed E-state index contributed by atoms with van der Waals surface area (Å²) in [5, 5.41) is 13.5. The lowest BCUT2D eigenvalue weighted by atomic mass is 9.99. The highest BCUT2D eigenvalue weighted by atomic mass is 32.2. The number of nitrogens with zero attached hydrogens (tertiary/aromatic N) is 3. The smallest absolute Gasteiger partial charge is 0.407 e. The Morgan fingerprint density at radius 2 is 1.95 bits per heavy atom. The highest BCUT2D eigenvalue weighted by molar-refractivity contribution is 7.91. The number of rotatable bonds is 4. The number of hydrogen-bond donors (Lipinski definition) is 1. The second kappa shape index (κ2) is 5.57. The van der Waals surface area contributed by atoms with Crippen molar-refractivity contribution in [3.8, 4) is 0 Å². The van der Waals surface area contributed by atoms with Gasteiger partial charge in [-0.15, -0.1) is 0 Å². The third-order valence-corrected chi connectivity index (χ3v) is 6.44. The van der Waals surface area contributed by atoms with Crippen molar-refractivity contribution in [1.29, 1.82) is 0 Å². The molecule has 2 fully saturated rings. The van der Waals surface area contributed by atoms with E-state index >= 15 is 0 Å². The molecule has 1 amide bonds. The first-order chi connectivity index (χ1) is 10.4. The van der Waals surface area contributed by atoms with Gasteiger partial charge in [0.15, 0.2) is 14.9 Å². The number of sulfone groups is 1. The number of likely N-dealkylation sites (tertiary alicyclic amines) is 1. The number of aryl methyl sites for hydroxylation is 1. The molecule has 0 atom stereocenters. The van der Waals surface area contributed by atoms with Crippen molar-refractivity contribution in [2.24, 2.45) is 13.0 Å². The van der Waals surface area contributed by atoms with Crippen LogP contribution in [0.1, 0.15) is 37.3 Å². The Hall–Kier alpha value is -1.57. The molecule has 22 heavy (non-hydrogen) atoms. The number of piperidine rings is 1. The van der Waals surface area contributed by atoms with Gasteiger partial charge in [-0.25, -0.2) is 13.2 Å². The molecule has 7 nitrogen and oxygen atoms in total. The van der Waals surface area contributed by atoms with Crippen LogP contribution >= 0.6 is 0 Å². The lowest BCUT2D eigenvalue weighted by molar-refractivity contribution is 0.127. The molecule has 1 aromatic rings. The molecular weight excluding hydrogens is 306 g/mol. The van der Waals surface area contributed by atoms with Crippen LogP contribution in [-0.4, -0.2) is 53.1 Å². The van der Waals surface area contributed by atoms with Gasteiger partial charge in [-0.2, -0.15) is 5.10 Å². The average Bonchev–Trinajstić information content (AvgIpc) is 3.21. The Morgan fingerprint density at radius 3 is 2.50 bits per heavy atom. The summed E-state index contributed by atoms with van der Waals surface area (Å²) in [6.07, 6.45) is 2.44. The second-order valence-electron chi connectivity index (χ2n) is 6.30. The third kappa shape index (κ3) is 3.11. The zero-order chi connectivity index (χ0) is 15.9. The van der Waals surface area contributed by atoms with Gasteiger partial charge in [-0.05, 0) is 37.7 Å². The Balaban J connectivity index is 1.67. The fourth-order valence-corrected chi connectivity index (χ4v) is 4.90. The van der Waals surface area contributed by atoms with Crippen LogP contribution in [0, 0.1) is 5.92 Å². The minimum Gasteiger partial charge on any atom is -0.465 e. The van der Waals surface area contributed by atoms with Gasteiger partial charge in [0.25, 0.3) is 0 Å². The van der Waals surface area contributed by atoms with Gasteiger partial charge >= 0.3 is 6.09 Å². The van der Waals surface area contributed by atoms with E-state index in [-0.39, 0.29) is 16.7 Å². The Kier molecular flexibility index (Phi) is 3.88. The van der Waals surface area contributed by atoms with Crippen molar-refractivity contribution in [3.63, 3.8) is 0 Å². The van der Waals surface area contributed by atoms with E-state index < -0.39 is 15.9 Å². The molecule has 3 rings (SSSR count). The van der Waals surface area contributed by atoms with E-state index in [2.05, 4.69) is 5.10 Å². The molecule has 1 aliphatic heterocycles. The zero-order valence-electron chi connectivity index (χ0n) is 12.6. The van der Waals surface area contributed by atoms with Crippen molar-refractivity contribution in [2.45, 2.75) is 36.6 Å². The van der Waals surface area contributed by atoms with Gasteiger partial charge in [0.2, 0.25) is 0 Å². The quantitative estimate of drug-likeness (QED) is 0.904. The summed E-state index contributed by atoms with van der Waals surface area (Å²) in [6.45, 7) is 0.822. The standard InChI is InChI=1S/C14H21N3O4S/c1-16-13(8-12(15-16)11-2-3-11)22(20,21)9-10-4-6-17(7-5-10)14(18)19/h8,10-11H,2-7,9H2,1H3,(H,18,19). The number of amides is 1. The van der Waals surface area contributed by atoms with E-state index in [0.29, 0.717) is 31.8 Å². The fraction of sp³-hybridized carbons (Fsp3) is 0.714. The summed E-state index contributed by atoms with van der Waals surface area (Å²) in [4.78, 5) is 12.2. The molecule has 1 saturated carbocycles. The number of carbonyl (C=O) groups is 1. The molecule has 1 aromatic heterocycles. The Bertz CT molecular complexity index is 670. The van der Waals surface area contributed by atoms with Crippen LogP contribution in [0.25, 0.3) is 0 Å². The lowest BCUT2D eigenvalue weighted by Crippen LogP contribution is -2.39. The molecule has 8 heteroatoms. The topological polar surface area (TPSA) is 92.5 Å². The summed E-state index contributed by atoms with van der Waals surface area (Å²) in [5.41, 5.74) is 0.877. The Morgan fingerprint density at radius 1 is 1.32 bits per heavy atom. The van der Waals surface area contributed by atoms with Gasteiger partial charge in [0.1, 0.15) is 0 Å². The highest BCUT2D eigenvalue weighted by Crippen LogP contribution is 2.40. The predicted octanol–water partition coefficient (Wildman–Crippen LogP) is 1.46. The maximum absolute atomic E-state index is 12.6. The van der Waals surface area contributed by atoms with Crippen LogP contribution in [0.2, 0.25) is 0 Å².